The summed E-state index contributed by atoms with van der Waals surface area (Å²) < 4.78 is 5.92. The van der Waals surface area contributed by atoms with Crippen LogP contribution in [0.25, 0.3) is 0 Å². The van der Waals surface area contributed by atoms with Crippen LogP contribution in [0.2, 0.25) is 10.0 Å². The number of amides is 2. The van der Waals surface area contributed by atoms with Crippen LogP contribution < -0.4 is 10.6 Å². The molecule has 34 heavy (non-hydrogen) atoms. The Labute approximate surface area is 216 Å². The van der Waals surface area contributed by atoms with Crippen LogP contribution in [0.5, 0.6) is 0 Å². The van der Waals surface area contributed by atoms with Crippen molar-refractivity contribution in [2.75, 3.05) is 5.32 Å². The molecule has 0 aliphatic heterocycles. The second-order valence-corrected chi connectivity index (χ2v) is 10.4. The summed E-state index contributed by atoms with van der Waals surface area (Å²) in [6.07, 6.45) is 0.0294. The third kappa shape index (κ3) is 7.59. The maximum atomic E-state index is 12.9. The molecule has 0 aliphatic carbocycles. The SMILES string of the molecule is CC[C@H](C)[C@H](NC(=O)OCc1ccccc1)C(=O)Nc1nnc(SCc2c(Cl)cccc2Cl)s1. The Morgan fingerprint density at radius 3 is 2.47 bits per heavy atom. The predicted molar refractivity (Wildman–Crippen MR) is 138 cm³/mol. The fraction of sp³-hybridized carbons (Fsp3) is 0.304. The summed E-state index contributed by atoms with van der Waals surface area (Å²) in [4.78, 5) is 25.2. The molecule has 2 atom stereocenters. The number of hydrogen-bond donors (Lipinski definition) is 2. The number of aromatic nitrogens is 2. The molecule has 3 rings (SSSR count). The first-order valence-corrected chi connectivity index (χ1v) is 13.1. The average Bonchev–Trinajstić information content (AvgIpc) is 3.28. The number of alkyl carbamates (subject to hydrolysis) is 1. The lowest BCUT2D eigenvalue weighted by Gasteiger charge is -2.22. The van der Waals surface area contributed by atoms with Crippen molar-refractivity contribution in [2.24, 2.45) is 5.92 Å². The molecular formula is C23H24Cl2N4O3S2. The van der Waals surface area contributed by atoms with Crippen molar-refractivity contribution in [2.45, 2.75) is 43.0 Å². The van der Waals surface area contributed by atoms with E-state index in [1.807, 2.05) is 44.2 Å². The first-order valence-electron chi connectivity index (χ1n) is 10.5. The van der Waals surface area contributed by atoms with Gasteiger partial charge in [0.25, 0.3) is 0 Å². The Balaban J connectivity index is 1.56. The molecule has 180 valence electrons. The second-order valence-electron chi connectivity index (χ2n) is 7.42. The van der Waals surface area contributed by atoms with Gasteiger partial charge in [-0.2, -0.15) is 0 Å². The van der Waals surface area contributed by atoms with Crippen LogP contribution in [0.4, 0.5) is 9.93 Å². The molecule has 2 aromatic carbocycles. The molecule has 7 nitrogen and oxygen atoms in total. The number of nitrogens with one attached hydrogen (secondary N) is 2. The summed E-state index contributed by atoms with van der Waals surface area (Å²) >= 11 is 15.1. The van der Waals surface area contributed by atoms with Gasteiger partial charge < -0.3 is 10.1 Å². The molecule has 0 radical (unpaired) electrons. The summed E-state index contributed by atoms with van der Waals surface area (Å²) in [5.74, 6) is 0.0204. The molecule has 2 N–H and O–H groups in total. The van der Waals surface area contributed by atoms with Crippen molar-refractivity contribution in [3.63, 3.8) is 0 Å². The Morgan fingerprint density at radius 1 is 1.09 bits per heavy atom. The van der Waals surface area contributed by atoms with Crippen LogP contribution in [0, 0.1) is 5.92 Å². The molecular weight excluding hydrogens is 515 g/mol. The highest BCUT2D eigenvalue weighted by Gasteiger charge is 2.27. The minimum Gasteiger partial charge on any atom is -0.445 e. The zero-order valence-electron chi connectivity index (χ0n) is 18.6. The second kappa shape index (κ2) is 12.9. The Bertz CT molecular complexity index is 1090. The normalized spacial score (nSPS) is 12.6. The molecule has 11 heteroatoms. The molecule has 0 bridgehead atoms. The van der Waals surface area contributed by atoms with Gasteiger partial charge in [0, 0.05) is 15.8 Å². The smallest absolute Gasteiger partial charge is 0.408 e. The molecule has 2 amide bonds. The lowest BCUT2D eigenvalue weighted by Crippen LogP contribution is -2.47. The van der Waals surface area contributed by atoms with E-state index in [-0.39, 0.29) is 18.4 Å². The Morgan fingerprint density at radius 2 is 1.79 bits per heavy atom. The van der Waals surface area contributed by atoms with E-state index in [1.165, 1.54) is 23.1 Å². The van der Waals surface area contributed by atoms with Gasteiger partial charge in [0.2, 0.25) is 11.0 Å². The van der Waals surface area contributed by atoms with E-state index >= 15 is 0 Å². The van der Waals surface area contributed by atoms with Crippen LogP contribution in [0.1, 0.15) is 31.4 Å². The van der Waals surface area contributed by atoms with Gasteiger partial charge in [-0.3, -0.25) is 10.1 Å². The summed E-state index contributed by atoms with van der Waals surface area (Å²) in [5, 5.41) is 15.1. The minimum atomic E-state index is -0.782. The van der Waals surface area contributed by atoms with Gasteiger partial charge in [0.15, 0.2) is 4.34 Å². The van der Waals surface area contributed by atoms with Gasteiger partial charge in [-0.1, -0.05) is 103 Å². The third-order valence-electron chi connectivity index (χ3n) is 5.02. The molecule has 1 aromatic heterocycles. The van der Waals surface area contributed by atoms with E-state index in [2.05, 4.69) is 20.8 Å². The number of ether oxygens (including phenoxy) is 1. The third-order valence-corrected chi connectivity index (χ3v) is 7.73. The lowest BCUT2D eigenvalue weighted by atomic mass is 9.98. The average molecular weight is 540 g/mol. The number of carbonyl (C=O) groups excluding carboxylic acids is 2. The highest BCUT2D eigenvalue weighted by Crippen LogP contribution is 2.33. The number of hydrogen-bond acceptors (Lipinski definition) is 7. The van der Waals surface area contributed by atoms with E-state index in [0.29, 0.717) is 31.7 Å². The maximum Gasteiger partial charge on any atom is 0.408 e. The Kier molecular flexibility index (Phi) is 10.0. The van der Waals surface area contributed by atoms with Crippen LogP contribution in [-0.4, -0.2) is 28.2 Å². The monoisotopic (exact) mass is 538 g/mol. The minimum absolute atomic E-state index is 0.117. The van der Waals surface area contributed by atoms with E-state index in [0.717, 1.165) is 11.1 Å². The number of thioether (sulfide) groups is 1. The number of nitrogens with zero attached hydrogens (tertiary/aromatic N) is 2. The van der Waals surface area contributed by atoms with Gasteiger partial charge in [-0.15, -0.1) is 10.2 Å². The molecule has 0 fully saturated rings. The first kappa shape index (κ1) is 26.3. The van der Waals surface area contributed by atoms with Crippen molar-refractivity contribution >= 4 is 63.4 Å². The van der Waals surface area contributed by atoms with Gasteiger partial charge in [0.05, 0.1) is 0 Å². The van der Waals surface area contributed by atoms with Crippen molar-refractivity contribution in [3.8, 4) is 0 Å². The fourth-order valence-electron chi connectivity index (χ4n) is 2.90. The molecule has 0 spiro atoms. The molecule has 0 aliphatic rings. The summed E-state index contributed by atoms with van der Waals surface area (Å²) in [6.45, 7) is 3.95. The van der Waals surface area contributed by atoms with Crippen molar-refractivity contribution in [3.05, 3.63) is 69.7 Å². The molecule has 0 saturated carbocycles. The lowest BCUT2D eigenvalue weighted by molar-refractivity contribution is -0.119. The molecule has 3 aromatic rings. The number of rotatable bonds is 10. The van der Waals surface area contributed by atoms with Gasteiger partial charge >= 0.3 is 6.09 Å². The summed E-state index contributed by atoms with van der Waals surface area (Å²) in [7, 11) is 0. The van der Waals surface area contributed by atoms with Crippen molar-refractivity contribution < 1.29 is 14.3 Å². The van der Waals surface area contributed by atoms with Gasteiger partial charge in [0.1, 0.15) is 12.6 Å². The topological polar surface area (TPSA) is 93.2 Å². The van der Waals surface area contributed by atoms with E-state index < -0.39 is 12.1 Å². The van der Waals surface area contributed by atoms with Crippen LogP contribution in [0.3, 0.4) is 0 Å². The summed E-state index contributed by atoms with van der Waals surface area (Å²) in [5.41, 5.74) is 1.67. The highest BCUT2D eigenvalue weighted by atomic mass is 35.5. The van der Waals surface area contributed by atoms with E-state index in [9.17, 15) is 9.59 Å². The molecule has 0 saturated heterocycles. The Hall–Kier alpha value is -2.33. The standard InChI is InChI=1S/C23H24Cl2N4O3S2/c1-3-14(2)19(26-22(31)32-12-15-8-5-4-6-9-15)20(30)27-21-28-29-23(34-21)33-13-16-17(24)10-7-11-18(16)25/h4-11,14,19H,3,12-13H2,1-2H3,(H,26,31)(H,27,28,30)/t14-,19-/m0/s1. The predicted octanol–water partition coefficient (Wildman–Crippen LogP) is 6.42. The molecule has 1 heterocycles. The van der Waals surface area contributed by atoms with Crippen molar-refractivity contribution in [1.29, 1.82) is 0 Å². The van der Waals surface area contributed by atoms with Crippen LogP contribution >= 0.6 is 46.3 Å². The quantitative estimate of drug-likeness (QED) is 0.228. The van der Waals surface area contributed by atoms with Crippen LogP contribution in [-0.2, 0) is 21.9 Å². The van der Waals surface area contributed by atoms with Crippen molar-refractivity contribution in [1.82, 2.24) is 15.5 Å². The number of benzene rings is 2. The highest BCUT2D eigenvalue weighted by molar-refractivity contribution is 8.00. The zero-order chi connectivity index (χ0) is 24.5. The van der Waals surface area contributed by atoms with Crippen LogP contribution in [0.15, 0.2) is 52.9 Å². The van der Waals surface area contributed by atoms with E-state index in [4.69, 9.17) is 27.9 Å². The fourth-order valence-corrected chi connectivity index (χ4v) is 5.40. The zero-order valence-corrected chi connectivity index (χ0v) is 21.7. The number of halogens is 2. The molecule has 0 unspecified atom stereocenters. The first-order chi connectivity index (χ1) is 16.4. The van der Waals surface area contributed by atoms with E-state index in [1.54, 1.807) is 18.2 Å². The number of anilines is 1. The number of carbonyl (C=O) groups is 2. The maximum absolute atomic E-state index is 12.9. The largest absolute Gasteiger partial charge is 0.445 e. The van der Waals surface area contributed by atoms with Gasteiger partial charge in [-0.25, -0.2) is 4.79 Å². The van der Waals surface area contributed by atoms with Gasteiger partial charge in [-0.05, 0) is 29.2 Å². The summed E-state index contributed by atoms with van der Waals surface area (Å²) in [6, 6.07) is 13.9.